The van der Waals surface area contributed by atoms with E-state index in [1.54, 1.807) is 0 Å². The van der Waals surface area contributed by atoms with Gasteiger partial charge in [0, 0.05) is 24.4 Å². The Kier molecular flexibility index (Phi) is 6.17. The highest BCUT2D eigenvalue weighted by Gasteiger charge is 2.55. The van der Waals surface area contributed by atoms with Crippen LogP contribution in [0.5, 0.6) is 0 Å². The average molecular weight is 505 g/mol. The van der Waals surface area contributed by atoms with Gasteiger partial charge < -0.3 is 10.4 Å². The summed E-state index contributed by atoms with van der Waals surface area (Å²) >= 11 is 0. The summed E-state index contributed by atoms with van der Waals surface area (Å²) in [5.41, 5.74) is -3.07. The topological polar surface area (TPSA) is 113 Å². The second kappa shape index (κ2) is 8.34. The third-order valence-corrected chi connectivity index (χ3v) is 8.32. The van der Waals surface area contributed by atoms with Crippen molar-refractivity contribution in [1.29, 1.82) is 0 Å². The highest BCUT2D eigenvalue weighted by atomic mass is 32.2. The number of hydrogen-bond acceptors (Lipinski definition) is 5. The van der Waals surface area contributed by atoms with Gasteiger partial charge in [-0.2, -0.15) is 18.3 Å². The van der Waals surface area contributed by atoms with Crippen LogP contribution in [0, 0.1) is 23.2 Å². The number of sulfonamides is 1. The summed E-state index contributed by atoms with van der Waals surface area (Å²) in [4.78, 5) is 13.0. The van der Waals surface area contributed by atoms with Crippen molar-refractivity contribution >= 4 is 22.1 Å². The summed E-state index contributed by atoms with van der Waals surface area (Å²) in [5, 5.41) is 16.5. The number of nitrogens with one attached hydrogen (secondary N) is 2. The first kappa shape index (κ1) is 25.2. The first-order chi connectivity index (χ1) is 15.6. The number of carbonyl (C=O) groups excluding carboxylic acids is 1. The molecule has 8 nitrogen and oxygen atoms in total. The molecule has 2 unspecified atom stereocenters. The summed E-state index contributed by atoms with van der Waals surface area (Å²) in [7, 11) is -3.60. The number of rotatable bonds is 7. The molecule has 1 aromatic rings. The summed E-state index contributed by atoms with van der Waals surface area (Å²) in [6.07, 6.45) is 3.61. The van der Waals surface area contributed by atoms with Crippen molar-refractivity contribution in [2.24, 2.45) is 23.2 Å². The molecular weight excluding hydrogens is 473 g/mol. The van der Waals surface area contributed by atoms with Gasteiger partial charge in [0.25, 0.3) is 5.91 Å². The molecule has 2 atom stereocenters. The molecule has 5 rings (SSSR count). The standard InChI is InChI=1S/C22H31F3N4O4S/c1-20(2,28-34(3,32)33)4-5-29-18(22(23,24)25)16(11-26-29)19(31)27-17-14-6-13-7-15(17)10-21(8-13,9-14)12-30/h4-5,11,13-15,17,28,30H,6-10,12H2,1-3H3,(H,27,31)/b5-4+. The Hall–Kier alpha value is -1.92. The van der Waals surface area contributed by atoms with Crippen LogP contribution in [0.25, 0.3) is 6.20 Å². The molecule has 190 valence electrons. The molecule has 4 aliphatic carbocycles. The van der Waals surface area contributed by atoms with Crippen LogP contribution in [0.1, 0.15) is 62.0 Å². The third-order valence-electron chi connectivity index (χ3n) is 7.42. The van der Waals surface area contributed by atoms with Crippen molar-refractivity contribution in [3.05, 3.63) is 23.5 Å². The normalized spacial score (nSPS) is 31.4. The molecule has 0 spiro atoms. The minimum absolute atomic E-state index is 0.110. The molecule has 0 saturated heterocycles. The molecule has 4 fully saturated rings. The lowest BCUT2D eigenvalue weighted by Gasteiger charge is -2.59. The number of alkyl halides is 3. The highest BCUT2D eigenvalue weighted by Crippen LogP contribution is 2.59. The lowest BCUT2D eigenvalue weighted by atomic mass is 9.48. The number of hydrogen-bond donors (Lipinski definition) is 3. The Morgan fingerprint density at radius 2 is 1.88 bits per heavy atom. The molecule has 0 aromatic carbocycles. The van der Waals surface area contributed by atoms with Gasteiger partial charge in [0.1, 0.15) is 0 Å². The van der Waals surface area contributed by atoms with Gasteiger partial charge in [0.2, 0.25) is 10.0 Å². The van der Waals surface area contributed by atoms with Gasteiger partial charge in [-0.15, -0.1) is 0 Å². The van der Waals surface area contributed by atoms with Crippen LogP contribution in [-0.4, -0.2) is 53.7 Å². The largest absolute Gasteiger partial charge is 0.434 e. The molecule has 4 bridgehead atoms. The van der Waals surface area contributed by atoms with E-state index >= 15 is 0 Å². The molecule has 12 heteroatoms. The Labute approximate surface area is 197 Å². The number of halogens is 3. The zero-order valence-corrected chi connectivity index (χ0v) is 20.2. The van der Waals surface area contributed by atoms with Gasteiger partial charge in [-0.05, 0) is 75.2 Å². The smallest absolute Gasteiger partial charge is 0.396 e. The maximum Gasteiger partial charge on any atom is 0.434 e. The number of aliphatic hydroxyl groups is 1. The molecule has 34 heavy (non-hydrogen) atoms. The highest BCUT2D eigenvalue weighted by molar-refractivity contribution is 7.88. The predicted octanol–water partition coefficient (Wildman–Crippen LogP) is 2.62. The van der Waals surface area contributed by atoms with E-state index in [9.17, 15) is 31.5 Å². The average Bonchev–Trinajstić information content (AvgIpc) is 3.12. The van der Waals surface area contributed by atoms with Crippen LogP contribution >= 0.6 is 0 Å². The number of aliphatic hydroxyl groups excluding tert-OH is 1. The summed E-state index contributed by atoms with van der Waals surface area (Å²) < 4.78 is 67.7. The molecule has 4 aliphatic rings. The summed E-state index contributed by atoms with van der Waals surface area (Å²) in [6, 6.07) is -0.221. The van der Waals surface area contributed by atoms with Gasteiger partial charge in [0.05, 0.1) is 18.0 Å². The first-order valence-corrected chi connectivity index (χ1v) is 13.3. The van der Waals surface area contributed by atoms with E-state index in [-0.39, 0.29) is 29.9 Å². The van der Waals surface area contributed by atoms with Crippen molar-refractivity contribution in [3.63, 3.8) is 0 Å². The Morgan fingerprint density at radius 3 is 2.41 bits per heavy atom. The van der Waals surface area contributed by atoms with Crippen LogP contribution < -0.4 is 10.0 Å². The van der Waals surface area contributed by atoms with Crippen molar-refractivity contribution in [3.8, 4) is 0 Å². The van der Waals surface area contributed by atoms with E-state index in [2.05, 4.69) is 15.1 Å². The van der Waals surface area contributed by atoms with Gasteiger partial charge in [-0.25, -0.2) is 17.8 Å². The van der Waals surface area contributed by atoms with E-state index in [4.69, 9.17) is 0 Å². The lowest BCUT2D eigenvalue weighted by molar-refractivity contribution is -0.142. The second-order valence-electron chi connectivity index (χ2n) is 10.9. The number of amides is 1. The first-order valence-electron chi connectivity index (χ1n) is 11.4. The van der Waals surface area contributed by atoms with Crippen LogP contribution in [0.4, 0.5) is 13.2 Å². The minimum Gasteiger partial charge on any atom is -0.396 e. The minimum atomic E-state index is -4.85. The fourth-order valence-electron chi connectivity index (χ4n) is 6.54. The maximum absolute atomic E-state index is 13.9. The summed E-state index contributed by atoms with van der Waals surface area (Å²) in [5.74, 6) is -0.0275. The van der Waals surface area contributed by atoms with E-state index < -0.39 is 38.9 Å². The van der Waals surface area contributed by atoms with Crippen LogP contribution in [0.2, 0.25) is 0 Å². The van der Waals surface area contributed by atoms with Crippen molar-refractivity contribution in [1.82, 2.24) is 19.8 Å². The molecule has 0 radical (unpaired) electrons. The third kappa shape index (κ3) is 5.03. The molecule has 0 aliphatic heterocycles. The quantitative estimate of drug-likeness (QED) is 0.528. The Bertz CT molecular complexity index is 1080. The lowest BCUT2D eigenvalue weighted by Crippen LogP contribution is -2.60. The van der Waals surface area contributed by atoms with E-state index in [1.807, 2.05) is 0 Å². The predicted molar refractivity (Wildman–Crippen MR) is 119 cm³/mol. The monoisotopic (exact) mass is 504 g/mol. The van der Waals surface area contributed by atoms with E-state index in [1.165, 1.54) is 19.9 Å². The molecule has 1 aromatic heterocycles. The van der Waals surface area contributed by atoms with Crippen LogP contribution in [0.3, 0.4) is 0 Å². The maximum atomic E-state index is 13.9. The molecule has 3 N–H and O–H groups in total. The van der Waals surface area contributed by atoms with Crippen molar-refractivity contribution in [2.45, 2.75) is 63.7 Å². The molecular formula is C22H31F3N4O4S. The second-order valence-corrected chi connectivity index (χ2v) is 12.6. The van der Waals surface area contributed by atoms with Crippen molar-refractivity contribution < 1.29 is 31.5 Å². The Morgan fingerprint density at radius 1 is 1.26 bits per heavy atom. The number of carbonyl (C=O) groups is 1. The Balaban J connectivity index is 1.56. The van der Waals surface area contributed by atoms with Crippen LogP contribution in [0.15, 0.2) is 12.3 Å². The summed E-state index contributed by atoms with van der Waals surface area (Å²) in [6.45, 7) is 3.08. The van der Waals surface area contributed by atoms with Crippen LogP contribution in [-0.2, 0) is 16.2 Å². The van der Waals surface area contributed by atoms with E-state index in [0.717, 1.165) is 50.8 Å². The van der Waals surface area contributed by atoms with Gasteiger partial charge in [-0.1, -0.05) is 0 Å². The van der Waals surface area contributed by atoms with Gasteiger partial charge >= 0.3 is 6.18 Å². The molecule has 1 amide bonds. The number of aromatic nitrogens is 2. The fraction of sp³-hybridized carbons (Fsp3) is 0.727. The van der Waals surface area contributed by atoms with Gasteiger partial charge in [0.15, 0.2) is 5.69 Å². The zero-order valence-electron chi connectivity index (χ0n) is 19.4. The SMILES string of the molecule is CC(C)(/C=C/n1ncc(C(=O)NC2C3CC4CC2CC(CO)(C4)C3)c1C(F)(F)F)NS(C)(=O)=O. The number of nitrogens with zero attached hydrogens (tertiary/aromatic N) is 2. The molecule has 1 heterocycles. The van der Waals surface area contributed by atoms with Crippen molar-refractivity contribution in [2.75, 3.05) is 12.9 Å². The van der Waals surface area contributed by atoms with Gasteiger partial charge in [-0.3, -0.25) is 4.79 Å². The molecule has 4 saturated carbocycles. The fourth-order valence-corrected chi connectivity index (χ4v) is 7.57. The van der Waals surface area contributed by atoms with E-state index in [0.29, 0.717) is 10.6 Å². The zero-order chi connectivity index (χ0) is 25.1.